The van der Waals surface area contributed by atoms with Gasteiger partial charge in [0.2, 0.25) is 5.60 Å². The summed E-state index contributed by atoms with van der Waals surface area (Å²) in [6.07, 6.45) is 0.127. The minimum absolute atomic E-state index is 0.127. The molecule has 1 aromatic carbocycles. The highest BCUT2D eigenvalue weighted by atomic mass is 16.6. The Morgan fingerprint density at radius 1 is 0.955 bits per heavy atom. The van der Waals surface area contributed by atoms with E-state index in [4.69, 9.17) is 4.74 Å². The van der Waals surface area contributed by atoms with Crippen molar-refractivity contribution < 1.29 is 23.9 Å². The van der Waals surface area contributed by atoms with Crippen molar-refractivity contribution in [1.29, 1.82) is 0 Å². The van der Waals surface area contributed by atoms with Crippen molar-refractivity contribution in [2.75, 3.05) is 7.11 Å². The number of esters is 2. The smallest absolute Gasteiger partial charge is 0.349 e. The topological polar surface area (TPSA) is 69.7 Å². The van der Waals surface area contributed by atoms with Gasteiger partial charge in [0.25, 0.3) is 0 Å². The first-order valence-electron chi connectivity index (χ1n) is 7.00. The lowest BCUT2D eigenvalue weighted by atomic mass is 9.84. The maximum absolute atomic E-state index is 12.4. The van der Waals surface area contributed by atoms with Gasteiger partial charge >= 0.3 is 11.9 Å². The first kappa shape index (κ1) is 17.9. The average Bonchev–Trinajstić information content (AvgIpc) is 2.46. The van der Waals surface area contributed by atoms with Gasteiger partial charge in [-0.2, -0.15) is 0 Å². The molecule has 0 saturated carbocycles. The van der Waals surface area contributed by atoms with E-state index < -0.39 is 23.0 Å². The highest BCUT2D eigenvalue weighted by Crippen LogP contribution is 2.25. The molecule has 120 valence electrons. The van der Waals surface area contributed by atoms with Gasteiger partial charge in [0, 0.05) is 6.42 Å². The minimum atomic E-state index is -1.43. The molecule has 5 nitrogen and oxygen atoms in total. The van der Waals surface area contributed by atoms with Gasteiger partial charge < -0.3 is 9.47 Å². The second kappa shape index (κ2) is 6.73. The standard InChI is InChI=1S/C17H22O5/c1-16(2,13(18)11-12-9-7-6-8-10-12)14(19)22-17(3,4)15(20)21-5/h6-10H,11H2,1-5H3. The second-order valence-corrected chi connectivity index (χ2v) is 6.10. The van der Waals surface area contributed by atoms with Gasteiger partial charge in [-0.1, -0.05) is 30.3 Å². The summed E-state index contributed by atoms with van der Waals surface area (Å²) in [4.78, 5) is 36.2. The Bertz CT molecular complexity index is 558. The molecule has 1 aromatic rings. The van der Waals surface area contributed by atoms with Crippen LogP contribution in [0.4, 0.5) is 0 Å². The number of Topliss-reactive ketones (excluding diaryl/α,β-unsaturated/α-hetero) is 1. The zero-order valence-electron chi connectivity index (χ0n) is 13.6. The fraction of sp³-hybridized carbons (Fsp3) is 0.471. The molecule has 22 heavy (non-hydrogen) atoms. The number of hydrogen-bond acceptors (Lipinski definition) is 5. The van der Waals surface area contributed by atoms with Crippen LogP contribution in [-0.4, -0.2) is 30.4 Å². The zero-order chi connectivity index (χ0) is 17.0. The summed E-state index contributed by atoms with van der Waals surface area (Å²) in [6.45, 7) is 5.84. The van der Waals surface area contributed by atoms with E-state index in [-0.39, 0.29) is 12.2 Å². The molecule has 0 fully saturated rings. The Kier molecular flexibility index (Phi) is 5.47. The van der Waals surface area contributed by atoms with Gasteiger partial charge in [-0.15, -0.1) is 0 Å². The van der Waals surface area contributed by atoms with Crippen LogP contribution in [0.15, 0.2) is 30.3 Å². The molecule has 0 spiro atoms. The van der Waals surface area contributed by atoms with Gasteiger partial charge in [0.1, 0.15) is 5.41 Å². The molecule has 0 N–H and O–H groups in total. The van der Waals surface area contributed by atoms with Crippen molar-refractivity contribution in [3.8, 4) is 0 Å². The molecule has 0 radical (unpaired) electrons. The third kappa shape index (κ3) is 4.16. The number of hydrogen-bond donors (Lipinski definition) is 0. The highest BCUT2D eigenvalue weighted by molar-refractivity contribution is 6.04. The predicted octanol–water partition coefficient (Wildman–Crippen LogP) is 2.32. The first-order chi connectivity index (χ1) is 10.1. The van der Waals surface area contributed by atoms with Crippen molar-refractivity contribution in [3.05, 3.63) is 35.9 Å². The van der Waals surface area contributed by atoms with Gasteiger partial charge in [0.05, 0.1) is 7.11 Å². The van der Waals surface area contributed by atoms with Gasteiger partial charge in [-0.05, 0) is 33.3 Å². The summed E-state index contributed by atoms with van der Waals surface area (Å²) in [5.41, 5.74) is -1.96. The van der Waals surface area contributed by atoms with Crippen molar-refractivity contribution in [3.63, 3.8) is 0 Å². The van der Waals surface area contributed by atoms with Crippen LogP contribution in [0.25, 0.3) is 0 Å². The van der Waals surface area contributed by atoms with E-state index in [2.05, 4.69) is 4.74 Å². The van der Waals surface area contributed by atoms with Gasteiger partial charge in [-0.25, -0.2) is 4.79 Å². The van der Waals surface area contributed by atoms with Crippen molar-refractivity contribution in [2.24, 2.45) is 5.41 Å². The van der Waals surface area contributed by atoms with E-state index in [1.54, 1.807) is 0 Å². The summed E-state index contributed by atoms with van der Waals surface area (Å²) in [5.74, 6) is -1.69. The normalized spacial score (nSPS) is 11.7. The lowest BCUT2D eigenvalue weighted by molar-refractivity contribution is -0.183. The Morgan fingerprint density at radius 3 is 2.00 bits per heavy atom. The molecule has 0 bridgehead atoms. The molecule has 0 atom stereocenters. The molecular weight excluding hydrogens is 284 g/mol. The number of carbonyl (C=O) groups is 3. The van der Waals surface area contributed by atoms with Gasteiger partial charge in [-0.3, -0.25) is 9.59 Å². The maximum atomic E-state index is 12.4. The Labute approximate surface area is 130 Å². The van der Waals surface area contributed by atoms with Crippen LogP contribution in [0.3, 0.4) is 0 Å². The lowest BCUT2D eigenvalue weighted by Gasteiger charge is -2.28. The molecule has 0 saturated heterocycles. The van der Waals surface area contributed by atoms with Crippen molar-refractivity contribution >= 4 is 17.7 Å². The van der Waals surface area contributed by atoms with E-state index >= 15 is 0 Å². The molecule has 0 aliphatic carbocycles. The molecule has 5 heteroatoms. The molecule has 1 rings (SSSR count). The summed E-state index contributed by atoms with van der Waals surface area (Å²) < 4.78 is 9.76. The highest BCUT2D eigenvalue weighted by Gasteiger charge is 2.42. The van der Waals surface area contributed by atoms with Crippen LogP contribution in [0, 0.1) is 5.41 Å². The zero-order valence-corrected chi connectivity index (χ0v) is 13.6. The maximum Gasteiger partial charge on any atom is 0.349 e. The van der Waals surface area contributed by atoms with E-state index in [0.29, 0.717) is 0 Å². The SMILES string of the molecule is COC(=O)C(C)(C)OC(=O)C(C)(C)C(=O)Cc1ccccc1. The average molecular weight is 306 g/mol. The third-order valence-electron chi connectivity index (χ3n) is 3.44. The number of ether oxygens (including phenoxy) is 2. The van der Waals surface area contributed by atoms with Gasteiger partial charge in [0.15, 0.2) is 5.78 Å². The molecule has 0 aliphatic rings. The monoisotopic (exact) mass is 306 g/mol. The number of methoxy groups -OCH3 is 1. The summed E-state index contributed by atoms with van der Waals surface area (Å²) in [5, 5.41) is 0. The van der Waals surface area contributed by atoms with Crippen LogP contribution in [0.1, 0.15) is 33.3 Å². The quantitative estimate of drug-likeness (QED) is 0.596. The van der Waals surface area contributed by atoms with E-state index in [1.807, 2.05) is 30.3 Å². The Morgan fingerprint density at radius 2 is 1.50 bits per heavy atom. The summed E-state index contributed by atoms with van der Waals surface area (Å²) >= 11 is 0. The largest absolute Gasteiger partial charge is 0.466 e. The summed E-state index contributed by atoms with van der Waals surface area (Å²) in [7, 11) is 1.21. The van der Waals surface area contributed by atoms with E-state index in [9.17, 15) is 14.4 Å². The van der Waals surface area contributed by atoms with E-state index in [1.165, 1.54) is 34.8 Å². The Balaban J connectivity index is 2.82. The lowest BCUT2D eigenvalue weighted by Crippen LogP contribution is -2.45. The predicted molar refractivity (Wildman–Crippen MR) is 81.1 cm³/mol. The van der Waals surface area contributed by atoms with Crippen molar-refractivity contribution in [2.45, 2.75) is 39.7 Å². The number of rotatable bonds is 6. The second-order valence-electron chi connectivity index (χ2n) is 6.10. The molecule has 0 heterocycles. The van der Waals surface area contributed by atoms with Crippen LogP contribution in [0.2, 0.25) is 0 Å². The fourth-order valence-corrected chi connectivity index (χ4v) is 1.76. The minimum Gasteiger partial charge on any atom is -0.466 e. The number of benzene rings is 1. The van der Waals surface area contributed by atoms with E-state index in [0.717, 1.165) is 5.56 Å². The third-order valence-corrected chi connectivity index (χ3v) is 3.44. The van der Waals surface area contributed by atoms with Crippen LogP contribution in [-0.2, 0) is 30.3 Å². The number of carbonyl (C=O) groups excluding carboxylic acids is 3. The molecule has 0 amide bonds. The molecule has 0 unspecified atom stereocenters. The van der Waals surface area contributed by atoms with Crippen LogP contribution in [0.5, 0.6) is 0 Å². The molecule has 0 aromatic heterocycles. The van der Waals surface area contributed by atoms with Crippen LogP contribution >= 0.6 is 0 Å². The molecular formula is C17H22O5. The fourth-order valence-electron chi connectivity index (χ4n) is 1.76. The van der Waals surface area contributed by atoms with Crippen LogP contribution < -0.4 is 0 Å². The summed E-state index contributed by atoms with van der Waals surface area (Å²) in [6, 6.07) is 9.14. The first-order valence-corrected chi connectivity index (χ1v) is 7.00. The molecule has 0 aliphatic heterocycles. The number of ketones is 1. The van der Waals surface area contributed by atoms with Crippen molar-refractivity contribution in [1.82, 2.24) is 0 Å². The Hall–Kier alpha value is -2.17.